The summed E-state index contributed by atoms with van der Waals surface area (Å²) < 4.78 is 11.8. The number of hydrogen-bond acceptors (Lipinski definition) is 4. The van der Waals surface area contributed by atoms with Crippen LogP contribution in [0.15, 0.2) is 42.5 Å². The van der Waals surface area contributed by atoms with Crippen molar-refractivity contribution in [2.24, 2.45) is 0 Å². The molecule has 1 aliphatic carbocycles. The smallest absolute Gasteiger partial charge is 0.335 e. The van der Waals surface area contributed by atoms with Gasteiger partial charge in [-0.05, 0) is 67.7 Å². The van der Waals surface area contributed by atoms with Gasteiger partial charge in [-0.3, -0.25) is 4.79 Å². The number of methoxy groups -OCH3 is 1. The largest absolute Gasteiger partial charge is 0.493 e. The normalized spacial score (nSPS) is 16.6. The van der Waals surface area contributed by atoms with Crippen LogP contribution in [0.4, 0.5) is 5.69 Å². The number of carboxylic acid groups (broad SMARTS) is 1. The van der Waals surface area contributed by atoms with Crippen LogP contribution in [-0.2, 0) is 11.2 Å². The molecule has 150 valence electrons. The summed E-state index contributed by atoms with van der Waals surface area (Å²) in [5, 5.41) is 11.7. The Balaban J connectivity index is 1.51. The SMILES string of the molecule is COc1ccc(C=CC(=O)Nc2ccc(C(=O)O)cc2)c2c1OC1(CCCC1)C2. The van der Waals surface area contributed by atoms with Crippen LogP contribution in [0.2, 0.25) is 0 Å². The number of fused-ring (bicyclic) bond motifs is 1. The lowest BCUT2D eigenvalue weighted by molar-refractivity contribution is -0.111. The highest BCUT2D eigenvalue weighted by Crippen LogP contribution is 2.49. The molecule has 29 heavy (non-hydrogen) atoms. The summed E-state index contributed by atoms with van der Waals surface area (Å²) in [6, 6.07) is 9.86. The highest BCUT2D eigenvalue weighted by molar-refractivity contribution is 6.02. The maximum absolute atomic E-state index is 12.3. The number of carboxylic acids is 1. The minimum atomic E-state index is -1.00. The van der Waals surface area contributed by atoms with E-state index in [-0.39, 0.29) is 17.1 Å². The topological polar surface area (TPSA) is 84.9 Å². The monoisotopic (exact) mass is 393 g/mol. The van der Waals surface area contributed by atoms with E-state index in [1.54, 1.807) is 25.3 Å². The molecule has 2 aromatic rings. The number of benzene rings is 2. The Morgan fingerprint density at radius 1 is 1.14 bits per heavy atom. The summed E-state index contributed by atoms with van der Waals surface area (Å²) in [5.74, 6) is 0.232. The molecule has 2 N–H and O–H groups in total. The molecule has 0 radical (unpaired) electrons. The Morgan fingerprint density at radius 2 is 1.86 bits per heavy atom. The van der Waals surface area contributed by atoms with Gasteiger partial charge in [-0.2, -0.15) is 0 Å². The maximum Gasteiger partial charge on any atom is 0.335 e. The van der Waals surface area contributed by atoms with Gasteiger partial charge in [0.05, 0.1) is 12.7 Å². The van der Waals surface area contributed by atoms with Crippen molar-refractivity contribution in [3.05, 3.63) is 59.2 Å². The predicted molar refractivity (Wildman–Crippen MR) is 110 cm³/mol. The molecule has 0 bridgehead atoms. The molecule has 1 saturated carbocycles. The van der Waals surface area contributed by atoms with Crippen LogP contribution in [0.25, 0.3) is 6.08 Å². The third-order valence-electron chi connectivity index (χ3n) is 5.63. The number of anilines is 1. The lowest BCUT2D eigenvalue weighted by atomic mass is 9.92. The summed E-state index contributed by atoms with van der Waals surface area (Å²) in [6.07, 6.45) is 8.53. The lowest BCUT2D eigenvalue weighted by Crippen LogP contribution is -2.30. The second-order valence-corrected chi connectivity index (χ2v) is 7.54. The molecule has 1 heterocycles. The number of rotatable bonds is 5. The van der Waals surface area contributed by atoms with Crippen molar-refractivity contribution in [1.29, 1.82) is 0 Å². The van der Waals surface area contributed by atoms with Gasteiger partial charge >= 0.3 is 5.97 Å². The van der Waals surface area contributed by atoms with E-state index in [9.17, 15) is 9.59 Å². The third kappa shape index (κ3) is 3.83. The van der Waals surface area contributed by atoms with E-state index in [0.717, 1.165) is 41.9 Å². The summed E-state index contributed by atoms with van der Waals surface area (Å²) in [5.41, 5.74) is 2.61. The van der Waals surface area contributed by atoms with Gasteiger partial charge in [-0.25, -0.2) is 4.79 Å². The number of amides is 1. The Kier molecular flexibility index (Phi) is 5.01. The number of nitrogens with one attached hydrogen (secondary N) is 1. The van der Waals surface area contributed by atoms with Crippen molar-refractivity contribution in [2.45, 2.75) is 37.7 Å². The van der Waals surface area contributed by atoms with Crippen molar-refractivity contribution >= 4 is 23.6 Å². The molecule has 1 spiro atoms. The quantitative estimate of drug-likeness (QED) is 0.740. The van der Waals surface area contributed by atoms with Gasteiger partial charge in [0.2, 0.25) is 5.91 Å². The van der Waals surface area contributed by atoms with Gasteiger partial charge in [0, 0.05) is 23.7 Å². The number of carbonyl (C=O) groups excluding carboxylic acids is 1. The number of aromatic carboxylic acids is 1. The Labute approximate surface area is 169 Å². The lowest BCUT2D eigenvalue weighted by Gasteiger charge is -2.22. The molecule has 1 fully saturated rings. The molecular weight excluding hydrogens is 370 g/mol. The van der Waals surface area contributed by atoms with Crippen LogP contribution in [0.3, 0.4) is 0 Å². The number of ether oxygens (including phenoxy) is 2. The van der Waals surface area contributed by atoms with Crippen LogP contribution < -0.4 is 14.8 Å². The molecule has 4 rings (SSSR count). The standard InChI is InChI=1S/C23H23NO5/c1-28-19-10-6-15(18-14-23(29-21(18)19)12-2-3-13-23)7-11-20(25)24-17-8-4-16(5-9-17)22(26)27/h4-11H,2-3,12-14H2,1H3,(H,24,25)(H,26,27). The van der Waals surface area contributed by atoms with Crippen molar-refractivity contribution in [3.8, 4) is 11.5 Å². The van der Waals surface area contributed by atoms with Crippen LogP contribution >= 0.6 is 0 Å². The van der Waals surface area contributed by atoms with Crippen LogP contribution in [0, 0.1) is 0 Å². The van der Waals surface area contributed by atoms with Gasteiger partial charge in [-0.15, -0.1) is 0 Å². The van der Waals surface area contributed by atoms with Crippen molar-refractivity contribution in [1.82, 2.24) is 0 Å². The molecule has 0 aromatic heterocycles. The Hall–Kier alpha value is -3.28. The van der Waals surface area contributed by atoms with Gasteiger partial charge in [0.15, 0.2) is 11.5 Å². The van der Waals surface area contributed by atoms with Gasteiger partial charge in [-0.1, -0.05) is 6.07 Å². The van der Waals surface area contributed by atoms with E-state index in [1.807, 2.05) is 12.1 Å². The fraction of sp³-hybridized carbons (Fsp3) is 0.304. The summed E-state index contributed by atoms with van der Waals surface area (Å²) >= 11 is 0. The summed E-state index contributed by atoms with van der Waals surface area (Å²) in [7, 11) is 1.64. The van der Waals surface area contributed by atoms with Crippen LogP contribution in [-0.4, -0.2) is 29.7 Å². The van der Waals surface area contributed by atoms with Crippen molar-refractivity contribution in [3.63, 3.8) is 0 Å². The first-order chi connectivity index (χ1) is 14.0. The second-order valence-electron chi connectivity index (χ2n) is 7.54. The minimum Gasteiger partial charge on any atom is -0.493 e. The minimum absolute atomic E-state index is 0.131. The van der Waals surface area contributed by atoms with Gasteiger partial charge < -0.3 is 19.9 Å². The molecule has 2 aliphatic rings. The van der Waals surface area contributed by atoms with E-state index in [2.05, 4.69) is 5.32 Å². The highest BCUT2D eigenvalue weighted by Gasteiger charge is 2.43. The first kappa shape index (κ1) is 19.1. The Bertz CT molecular complexity index is 972. The van der Waals surface area contributed by atoms with Gasteiger partial charge in [0.1, 0.15) is 5.60 Å². The fourth-order valence-electron chi connectivity index (χ4n) is 4.15. The predicted octanol–water partition coefficient (Wildman–Crippen LogP) is 4.29. The van der Waals surface area contributed by atoms with Crippen LogP contribution in [0.5, 0.6) is 11.5 Å². The fourth-order valence-corrected chi connectivity index (χ4v) is 4.15. The molecule has 2 aromatic carbocycles. The van der Waals surface area contributed by atoms with Crippen molar-refractivity contribution < 1.29 is 24.2 Å². The Morgan fingerprint density at radius 3 is 2.52 bits per heavy atom. The molecule has 6 nitrogen and oxygen atoms in total. The van der Waals surface area contributed by atoms with E-state index in [4.69, 9.17) is 14.6 Å². The zero-order chi connectivity index (χ0) is 20.4. The first-order valence-electron chi connectivity index (χ1n) is 9.71. The summed E-state index contributed by atoms with van der Waals surface area (Å²) in [6.45, 7) is 0. The average molecular weight is 393 g/mol. The third-order valence-corrected chi connectivity index (χ3v) is 5.63. The molecular formula is C23H23NO5. The number of hydrogen-bond donors (Lipinski definition) is 2. The zero-order valence-corrected chi connectivity index (χ0v) is 16.2. The number of carbonyl (C=O) groups is 2. The highest BCUT2D eigenvalue weighted by atomic mass is 16.5. The molecule has 0 saturated heterocycles. The first-order valence-corrected chi connectivity index (χ1v) is 9.71. The van der Waals surface area contributed by atoms with E-state index in [1.165, 1.54) is 31.1 Å². The van der Waals surface area contributed by atoms with E-state index < -0.39 is 5.97 Å². The van der Waals surface area contributed by atoms with E-state index in [0.29, 0.717) is 5.69 Å². The molecule has 6 heteroatoms. The maximum atomic E-state index is 12.3. The molecule has 0 atom stereocenters. The molecule has 0 unspecified atom stereocenters. The second kappa shape index (κ2) is 7.62. The molecule has 1 amide bonds. The van der Waals surface area contributed by atoms with E-state index >= 15 is 0 Å². The summed E-state index contributed by atoms with van der Waals surface area (Å²) in [4.78, 5) is 23.2. The van der Waals surface area contributed by atoms with Crippen LogP contribution in [0.1, 0.15) is 47.2 Å². The zero-order valence-electron chi connectivity index (χ0n) is 16.2. The van der Waals surface area contributed by atoms with Gasteiger partial charge in [0.25, 0.3) is 0 Å². The average Bonchev–Trinajstić information content (AvgIpc) is 3.33. The van der Waals surface area contributed by atoms with Crippen molar-refractivity contribution in [2.75, 3.05) is 12.4 Å². The molecule has 1 aliphatic heterocycles.